The molecule has 4 rings (SSSR count). The van der Waals surface area contributed by atoms with E-state index in [2.05, 4.69) is 58.7 Å². The van der Waals surface area contributed by atoms with Gasteiger partial charge >= 0.3 is 0 Å². The van der Waals surface area contributed by atoms with Crippen molar-refractivity contribution in [2.75, 3.05) is 30.4 Å². The fourth-order valence-corrected chi connectivity index (χ4v) is 3.60. The molecule has 130 valence electrons. The first-order valence-electron chi connectivity index (χ1n) is 8.77. The summed E-state index contributed by atoms with van der Waals surface area (Å²) in [5.41, 5.74) is 4.13. The van der Waals surface area contributed by atoms with Crippen LogP contribution in [0.3, 0.4) is 0 Å². The number of hydrogen-bond acceptors (Lipinski definition) is 5. The number of nitrogens with zero attached hydrogens (tertiary/aromatic N) is 4. The van der Waals surface area contributed by atoms with Gasteiger partial charge in [0.1, 0.15) is 5.82 Å². The Morgan fingerprint density at radius 2 is 1.96 bits per heavy atom. The predicted molar refractivity (Wildman–Crippen MR) is 102 cm³/mol. The lowest BCUT2D eigenvalue weighted by atomic mass is 10.1. The third-order valence-electron chi connectivity index (χ3n) is 4.70. The zero-order valence-electron chi connectivity index (χ0n) is 14.9. The number of rotatable bonds is 3. The van der Waals surface area contributed by atoms with Crippen molar-refractivity contribution in [3.63, 3.8) is 0 Å². The van der Waals surface area contributed by atoms with Gasteiger partial charge in [-0.05, 0) is 38.1 Å². The molecule has 1 aliphatic rings. The number of fused-ring (bicyclic) bond motifs is 1. The van der Waals surface area contributed by atoms with Crippen LogP contribution in [-0.4, -0.2) is 46.8 Å². The van der Waals surface area contributed by atoms with Crippen LogP contribution in [0, 0.1) is 0 Å². The molecule has 1 fully saturated rings. The topological polar surface area (TPSA) is 57.5 Å². The Morgan fingerprint density at radius 3 is 2.72 bits per heavy atom. The summed E-state index contributed by atoms with van der Waals surface area (Å²) in [4.78, 5) is 7.30. The lowest BCUT2D eigenvalue weighted by molar-refractivity contribution is 0.405. The Balaban J connectivity index is 1.72. The average Bonchev–Trinajstić information content (AvgIpc) is 3.04. The van der Waals surface area contributed by atoms with Crippen molar-refractivity contribution in [1.82, 2.24) is 19.9 Å². The van der Waals surface area contributed by atoms with Gasteiger partial charge in [0.2, 0.25) is 0 Å². The summed E-state index contributed by atoms with van der Waals surface area (Å²) >= 11 is 0. The van der Waals surface area contributed by atoms with Crippen LogP contribution >= 0.6 is 0 Å². The van der Waals surface area contributed by atoms with E-state index in [0.29, 0.717) is 12.1 Å². The molecule has 0 aliphatic carbocycles. The van der Waals surface area contributed by atoms with Gasteiger partial charge in [0.25, 0.3) is 0 Å². The minimum atomic E-state index is 0.462. The van der Waals surface area contributed by atoms with Crippen LogP contribution in [-0.2, 0) is 0 Å². The van der Waals surface area contributed by atoms with E-state index in [1.165, 1.54) is 0 Å². The quantitative estimate of drug-likeness (QED) is 0.770. The summed E-state index contributed by atoms with van der Waals surface area (Å²) < 4.78 is 1.89. The van der Waals surface area contributed by atoms with E-state index >= 15 is 0 Å². The van der Waals surface area contributed by atoms with Crippen molar-refractivity contribution in [2.24, 2.45) is 0 Å². The Bertz CT molecular complexity index is 877. The number of nitrogens with one attached hydrogen (secondary N) is 2. The second kappa shape index (κ2) is 6.37. The molecule has 2 N–H and O–H groups in total. The normalized spacial score (nSPS) is 20.8. The van der Waals surface area contributed by atoms with E-state index in [1.54, 1.807) is 0 Å². The average molecular weight is 336 g/mol. The maximum Gasteiger partial charge on any atom is 0.129 e. The van der Waals surface area contributed by atoms with Gasteiger partial charge in [-0.1, -0.05) is 6.07 Å². The number of hydrogen-bond donors (Lipinski definition) is 2. The van der Waals surface area contributed by atoms with Crippen LogP contribution < -0.4 is 15.5 Å². The molecule has 0 spiro atoms. The summed E-state index contributed by atoms with van der Waals surface area (Å²) in [5.74, 6) is 1.03. The third-order valence-corrected chi connectivity index (χ3v) is 4.70. The fraction of sp³-hybridized carbons (Fsp3) is 0.368. The van der Waals surface area contributed by atoms with Gasteiger partial charge in [0.05, 0.1) is 17.4 Å². The van der Waals surface area contributed by atoms with Gasteiger partial charge in [0.15, 0.2) is 0 Å². The zero-order chi connectivity index (χ0) is 17.4. The van der Waals surface area contributed by atoms with E-state index in [-0.39, 0.29) is 0 Å². The number of aromatic nitrogens is 3. The third kappa shape index (κ3) is 3.05. The second-order valence-corrected chi connectivity index (χ2v) is 6.81. The van der Waals surface area contributed by atoms with E-state index in [4.69, 9.17) is 4.98 Å². The molecule has 0 aromatic carbocycles. The molecular weight excluding hydrogens is 312 g/mol. The summed E-state index contributed by atoms with van der Waals surface area (Å²) in [7, 11) is 1.92. The van der Waals surface area contributed by atoms with Crippen molar-refractivity contribution in [2.45, 2.75) is 25.9 Å². The van der Waals surface area contributed by atoms with Crippen LogP contribution in [0.2, 0.25) is 0 Å². The molecular formula is C19H24N6. The van der Waals surface area contributed by atoms with Gasteiger partial charge in [-0.25, -0.2) is 9.50 Å². The van der Waals surface area contributed by atoms with Crippen LogP contribution in [0.5, 0.6) is 0 Å². The van der Waals surface area contributed by atoms with Gasteiger partial charge < -0.3 is 15.5 Å². The van der Waals surface area contributed by atoms with Crippen LogP contribution in [0.15, 0.2) is 42.7 Å². The maximum atomic E-state index is 4.94. The summed E-state index contributed by atoms with van der Waals surface area (Å²) in [6.45, 7) is 6.38. The molecule has 3 aromatic heterocycles. The van der Waals surface area contributed by atoms with Crippen LogP contribution in [0.1, 0.15) is 13.8 Å². The van der Waals surface area contributed by atoms with Crippen molar-refractivity contribution < 1.29 is 0 Å². The lowest BCUT2D eigenvalue weighted by Crippen LogP contribution is -2.54. The largest absolute Gasteiger partial charge is 0.388 e. The van der Waals surface area contributed by atoms with Crippen molar-refractivity contribution in [1.29, 1.82) is 0 Å². The van der Waals surface area contributed by atoms with Crippen molar-refractivity contribution >= 4 is 17.0 Å². The Hall–Kier alpha value is -2.60. The van der Waals surface area contributed by atoms with Crippen molar-refractivity contribution in [3.8, 4) is 11.3 Å². The number of pyridine rings is 2. The second-order valence-electron chi connectivity index (χ2n) is 6.81. The first-order valence-corrected chi connectivity index (χ1v) is 8.77. The van der Waals surface area contributed by atoms with E-state index in [1.807, 2.05) is 30.0 Å². The molecule has 0 bridgehead atoms. The first-order chi connectivity index (χ1) is 12.1. The van der Waals surface area contributed by atoms with Gasteiger partial charge in [0, 0.05) is 49.7 Å². The van der Waals surface area contributed by atoms with Gasteiger partial charge in [-0.2, -0.15) is 5.10 Å². The molecule has 2 atom stereocenters. The smallest absolute Gasteiger partial charge is 0.129 e. The lowest BCUT2D eigenvalue weighted by Gasteiger charge is -2.37. The highest BCUT2D eigenvalue weighted by atomic mass is 15.3. The summed E-state index contributed by atoms with van der Waals surface area (Å²) in [6, 6.07) is 11.3. The summed E-state index contributed by atoms with van der Waals surface area (Å²) in [6.07, 6.45) is 3.86. The SMILES string of the molecule is CNc1ccn2ncc(-c3cccc(N4C[C@@H](C)N[C@@H](C)C4)n3)c2c1. The fourth-order valence-electron chi connectivity index (χ4n) is 3.60. The molecule has 6 nitrogen and oxygen atoms in total. The molecule has 25 heavy (non-hydrogen) atoms. The van der Waals surface area contributed by atoms with Crippen molar-refractivity contribution in [3.05, 3.63) is 42.7 Å². The highest BCUT2D eigenvalue weighted by Crippen LogP contribution is 2.27. The minimum absolute atomic E-state index is 0.462. The van der Waals surface area contributed by atoms with E-state index < -0.39 is 0 Å². The number of anilines is 2. The molecule has 4 heterocycles. The standard InChI is InChI=1S/C19H24N6/c1-13-11-24(12-14(2)22-13)19-6-4-5-17(23-19)16-10-21-25-8-7-15(20-3)9-18(16)25/h4-10,13-14,20,22H,11-12H2,1-3H3/t13-,14+. The predicted octanol–water partition coefficient (Wildman–Crippen LogP) is 2.62. The molecule has 0 saturated carbocycles. The molecule has 0 amide bonds. The monoisotopic (exact) mass is 336 g/mol. The molecule has 0 unspecified atom stereocenters. The van der Waals surface area contributed by atoms with E-state index in [9.17, 15) is 0 Å². The van der Waals surface area contributed by atoms with Crippen LogP contribution in [0.25, 0.3) is 16.8 Å². The Kier molecular flexibility index (Phi) is 4.05. The highest BCUT2D eigenvalue weighted by Gasteiger charge is 2.22. The maximum absolute atomic E-state index is 4.94. The van der Waals surface area contributed by atoms with Gasteiger partial charge in [-0.15, -0.1) is 0 Å². The molecule has 1 aliphatic heterocycles. The summed E-state index contributed by atoms with van der Waals surface area (Å²) in [5, 5.41) is 11.2. The molecule has 3 aromatic rings. The van der Waals surface area contributed by atoms with Crippen LogP contribution in [0.4, 0.5) is 11.5 Å². The number of piperazine rings is 1. The minimum Gasteiger partial charge on any atom is -0.388 e. The zero-order valence-corrected chi connectivity index (χ0v) is 14.9. The Labute approximate surface area is 147 Å². The highest BCUT2D eigenvalue weighted by molar-refractivity contribution is 5.80. The molecule has 0 radical (unpaired) electrons. The molecule has 1 saturated heterocycles. The first kappa shape index (κ1) is 15.9. The molecule has 6 heteroatoms. The Morgan fingerprint density at radius 1 is 1.16 bits per heavy atom. The van der Waals surface area contributed by atoms with Gasteiger partial charge in [-0.3, -0.25) is 0 Å². The van der Waals surface area contributed by atoms with E-state index in [0.717, 1.165) is 41.4 Å².